The van der Waals surface area contributed by atoms with E-state index < -0.39 is 0 Å². The molecule has 1 atom stereocenters. The summed E-state index contributed by atoms with van der Waals surface area (Å²) in [5.41, 5.74) is 12.7. The topological polar surface area (TPSA) is 85.2 Å². The molecule has 1 aliphatic rings. The number of pyridine rings is 1. The number of primary amides is 1. The van der Waals surface area contributed by atoms with E-state index in [1.54, 1.807) is 6.20 Å². The molecule has 5 heteroatoms. The summed E-state index contributed by atoms with van der Waals surface area (Å²) in [5.74, 6) is 0.502. The lowest BCUT2D eigenvalue weighted by molar-refractivity contribution is -0.119. The lowest BCUT2D eigenvalue weighted by Gasteiger charge is -2.23. The number of carbonyl (C=O) groups is 1. The van der Waals surface area contributed by atoms with E-state index in [0.29, 0.717) is 5.69 Å². The van der Waals surface area contributed by atoms with Gasteiger partial charge in [0.05, 0.1) is 11.9 Å². The van der Waals surface area contributed by atoms with Crippen molar-refractivity contribution in [1.82, 2.24) is 4.98 Å². The number of anilines is 2. The lowest BCUT2D eigenvalue weighted by atomic mass is 10.2. The van der Waals surface area contributed by atoms with Crippen LogP contribution in [0.3, 0.4) is 0 Å². The minimum Gasteiger partial charge on any atom is -0.397 e. The van der Waals surface area contributed by atoms with Crippen LogP contribution in [0, 0.1) is 6.92 Å². The van der Waals surface area contributed by atoms with Crippen LogP contribution < -0.4 is 16.4 Å². The normalized spacial score (nSPS) is 20.1. The van der Waals surface area contributed by atoms with Crippen molar-refractivity contribution in [3.8, 4) is 0 Å². The van der Waals surface area contributed by atoms with Gasteiger partial charge < -0.3 is 16.4 Å². The van der Waals surface area contributed by atoms with Crippen LogP contribution in [0.4, 0.5) is 11.5 Å². The zero-order valence-corrected chi connectivity index (χ0v) is 9.31. The Labute approximate surface area is 94.4 Å². The van der Waals surface area contributed by atoms with E-state index in [2.05, 4.69) is 4.98 Å². The lowest BCUT2D eigenvalue weighted by Crippen LogP contribution is -2.40. The fraction of sp³-hybridized carbons (Fsp3) is 0.455. The van der Waals surface area contributed by atoms with Crippen LogP contribution in [0.15, 0.2) is 12.3 Å². The number of amides is 1. The standard InChI is InChI=1S/C11H16N4O/c1-7-5-10(14-6-8(7)12)15-4-2-3-9(15)11(13)16/h5-6,9H,2-4,12H2,1H3,(H2,13,16). The molecule has 1 aliphatic heterocycles. The zero-order chi connectivity index (χ0) is 11.7. The smallest absolute Gasteiger partial charge is 0.240 e. The molecule has 1 unspecified atom stereocenters. The van der Waals surface area contributed by atoms with Crippen molar-refractivity contribution >= 4 is 17.4 Å². The van der Waals surface area contributed by atoms with Gasteiger partial charge in [0.2, 0.25) is 5.91 Å². The Balaban J connectivity index is 2.29. The molecule has 0 aliphatic carbocycles. The number of hydrogen-bond acceptors (Lipinski definition) is 4. The number of aromatic nitrogens is 1. The van der Waals surface area contributed by atoms with Crippen LogP contribution in [0.25, 0.3) is 0 Å². The van der Waals surface area contributed by atoms with Gasteiger partial charge in [-0.1, -0.05) is 0 Å². The Morgan fingerprint density at radius 1 is 1.62 bits per heavy atom. The molecule has 0 aromatic carbocycles. The fourth-order valence-corrected chi connectivity index (χ4v) is 2.05. The molecule has 86 valence electrons. The first-order valence-corrected chi connectivity index (χ1v) is 5.37. The quantitative estimate of drug-likeness (QED) is 0.756. The average molecular weight is 220 g/mol. The molecular formula is C11H16N4O. The first-order chi connectivity index (χ1) is 7.59. The first kappa shape index (κ1) is 10.7. The second-order valence-corrected chi connectivity index (χ2v) is 4.15. The molecule has 1 amide bonds. The summed E-state index contributed by atoms with van der Waals surface area (Å²) in [6.45, 7) is 2.75. The van der Waals surface area contributed by atoms with Crippen LogP contribution in [-0.4, -0.2) is 23.5 Å². The Morgan fingerprint density at radius 2 is 2.38 bits per heavy atom. The summed E-state index contributed by atoms with van der Waals surface area (Å²) < 4.78 is 0. The van der Waals surface area contributed by atoms with Gasteiger partial charge in [-0.15, -0.1) is 0 Å². The van der Waals surface area contributed by atoms with Gasteiger partial charge in [-0.3, -0.25) is 4.79 Å². The number of nitrogens with two attached hydrogens (primary N) is 2. The predicted molar refractivity (Wildman–Crippen MR) is 62.9 cm³/mol. The highest BCUT2D eigenvalue weighted by Gasteiger charge is 2.29. The molecule has 1 saturated heterocycles. The monoisotopic (exact) mass is 220 g/mol. The van der Waals surface area contributed by atoms with Gasteiger partial charge in [-0.25, -0.2) is 4.98 Å². The highest BCUT2D eigenvalue weighted by molar-refractivity contribution is 5.84. The van der Waals surface area contributed by atoms with Crippen molar-refractivity contribution in [3.05, 3.63) is 17.8 Å². The van der Waals surface area contributed by atoms with E-state index in [0.717, 1.165) is 30.8 Å². The molecule has 0 radical (unpaired) electrons. The van der Waals surface area contributed by atoms with Gasteiger partial charge in [-0.05, 0) is 31.4 Å². The maximum Gasteiger partial charge on any atom is 0.240 e. The van der Waals surface area contributed by atoms with Crippen molar-refractivity contribution in [3.63, 3.8) is 0 Å². The van der Waals surface area contributed by atoms with Crippen molar-refractivity contribution in [2.75, 3.05) is 17.2 Å². The van der Waals surface area contributed by atoms with Crippen molar-refractivity contribution in [2.45, 2.75) is 25.8 Å². The Kier molecular flexibility index (Phi) is 2.68. The number of nitrogen functional groups attached to an aromatic ring is 1. The summed E-state index contributed by atoms with van der Waals surface area (Å²) in [6, 6.07) is 1.67. The summed E-state index contributed by atoms with van der Waals surface area (Å²) in [5, 5.41) is 0. The second-order valence-electron chi connectivity index (χ2n) is 4.15. The molecule has 5 nitrogen and oxygen atoms in total. The van der Waals surface area contributed by atoms with Gasteiger partial charge >= 0.3 is 0 Å². The van der Waals surface area contributed by atoms with Gasteiger partial charge in [0.15, 0.2) is 0 Å². The molecule has 1 aromatic rings. The Morgan fingerprint density at radius 3 is 3.00 bits per heavy atom. The number of nitrogens with zero attached hydrogens (tertiary/aromatic N) is 2. The van der Waals surface area contributed by atoms with E-state index in [1.807, 2.05) is 17.9 Å². The molecule has 1 fully saturated rings. The highest BCUT2D eigenvalue weighted by atomic mass is 16.1. The molecular weight excluding hydrogens is 204 g/mol. The summed E-state index contributed by atoms with van der Waals surface area (Å²) in [4.78, 5) is 17.5. The predicted octanol–water partition coefficient (Wildman–Crippen LogP) is 0.426. The maximum atomic E-state index is 11.3. The Hall–Kier alpha value is -1.78. The van der Waals surface area contributed by atoms with Gasteiger partial charge in [0, 0.05) is 6.54 Å². The summed E-state index contributed by atoms with van der Waals surface area (Å²) in [6.07, 6.45) is 3.40. The molecule has 1 aromatic heterocycles. The minimum atomic E-state index is -0.284. The minimum absolute atomic E-state index is 0.226. The van der Waals surface area contributed by atoms with Crippen molar-refractivity contribution in [2.24, 2.45) is 5.73 Å². The maximum absolute atomic E-state index is 11.3. The van der Waals surface area contributed by atoms with E-state index in [1.165, 1.54) is 0 Å². The molecule has 4 N–H and O–H groups in total. The molecule has 0 spiro atoms. The Bertz CT molecular complexity index is 418. The third-order valence-electron chi connectivity index (χ3n) is 3.01. The van der Waals surface area contributed by atoms with Crippen LogP contribution in [0.1, 0.15) is 18.4 Å². The van der Waals surface area contributed by atoms with Crippen molar-refractivity contribution in [1.29, 1.82) is 0 Å². The summed E-state index contributed by atoms with van der Waals surface area (Å²) in [7, 11) is 0. The number of hydrogen-bond donors (Lipinski definition) is 2. The van der Waals surface area contributed by atoms with Crippen LogP contribution in [0.5, 0.6) is 0 Å². The van der Waals surface area contributed by atoms with Gasteiger partial charge in [0.25, 0.3) is 0 Å². The third kappa shape index (κ3) is 1.80. The molecule has 2 heterocycles. The van der Waals surface area contributed by atoms with E-state index in [4.69, 9.17) is 11.5 Å². The van der Waals surface area contributed by atoms with Crippen LogP contribution >= 0.6 is 0 Å². The number of carbonyl (C=O) groups excluding carboxylic acids is 1. The second kappa shape index (κ2) is 4.00. The largest absolute Gasteiger partial charge is 0.397 e. The van der Waals surface area contributed by atoms with Gasteiger partial charge in [-0.2, -0.15) is 0 Å². The highest BCUT2D eigenvalue weighted by Crippen LogP contribution is 2.25. The SMILES string of the molecule is Cc1cc(N2CCCC2C(N)=O)ncc1N. The molecule has 0 bridgehead atoms. The van der Waals surface area contributed by atoms with Gasteiger partial charge in [0.1, 0.15) is 11.9 Å². The van der Waals surface area contributed by atoms with Crippen molar-refractivity contribution < 1.29 is 4.79 Å². The van der Waals surface area contributed by atoms with E-state index in [9.17, 15) is 4.79 Å². The zero-order valence-electron chi connectivity index (χ0n) is 9.31. The molecule has 0 saturated carbocycles. The molecule has 2 rings (SSSR count). The average Bonchev–Trinajstić information content (AvgIpc) is 2.71. The van der Waals surface area contributed by atoms with Crippen LogP contribution in [-0.2, 0) is 4.79 Å². The summed E-state index contributed by atoms with van der Waals surface area (Å²) >= 11 is 0. The van der Waals surface area contributed by atoms with Crippen LogP contribution in [0.2, 0.25) is 0 Å². The molecule has 16 heavy (non-hydrogen) atoms. The number of rotatable bonds is 2. The fourth-order valence-electron chi connectivity index (χ4n) is 2.05. The van der Waals surface area contributed by atoms with E-state index >= 15 is 0 Å². The third-order valence-corrected chi connectivity index (χ3v) is 3.01. The first-order valence-electron chi connectivity index (χ1n) is 5.37. The number of aryl methyl sites for hydroxylation is 1. The van der Waals surface area contributed by atoms with E-state index in [-0.39, 0.29) is 11.9 Å².